The fraction of sp³-hybridized carbons (Fsp3) is 0.818. The Morgan fingerprint density at radius 3 is 2.56 bits per heavy atom. The minimum Gasteiger partial charge on any atom is -0.466 e. The molecule has 0 radical (unpaired) electrons. The van der Waals surface area contributed by atoms with E-state index >= 15 is 0 Å². The van der Waals surface area contributed by atoms with Crippen LogP contribution in [0.15, 0.2) is 0 Å². The van der Waals surface area contributed by atoms with E-state index in [0.29, 0.717) is 26.3 Å². The van der Waals surface area contributed by atoms with Crippen molar-refractivity contribution in [3.8, 4) is 0 Å². The van der Waals surface area contributed by atoms with Crippen molar-refractivity contribution in [1.29, 1.82) is 0 Å². The van der Waals surface area contributed by atoms with Crippen LogP contribution in [0.2, 0.25) is 0 Å². The lowest BCUT2D eigenvalue weighted by Gasteiger charge is -2.30. The number of hydrogen-bond donors (Lipinski definition) is 0. The SMILES string of the molecule is CCOC(=O)[C@H]1CCCN(C(=O)OCC)C1. The van der Waals surface area contributed by atoms with Gasteiger partial charge < -0.3 is 14.4 Å². The first-order chi connectivity index (χ1) is 7.69. The topological polar surface area (TPSA) is 55.8 Å². The molecule has 5 heteroatoms. The summed E-state index contributed by atoms with van der Waals surface area (Å²) in [7, 11) is 0. The Hall–Kier alpha value is -1.26. The fourth-order valence-electron chi connectivity index (χ4n) is 1.81. The molecule has 1 aliphatic heterocycles. The minimum absolute atomic E-state index is 0.196. The second kappa shape index (κ2) is 6.35. The molecule has 1 fully saturated rings. The highest BCUT2D eigenvalue weighted by atomic mass is 16.6. The predicted octanol–water partition coefficient (Wildman–Crippen LogP) is 1.42. The standard InChI is InChI=1S/C11H19NO4/c1-3-15-10(13)9-6-5-7-12(8-9)11(14)16-4-2/h9H,3-8H2,1-2H3/t9-/m0/s1. The smallest absolute Gasteiger partial charge is 0.409 e. The lowest BCUT2D eigenvalue weighted by atomic mass is 9.99. The van der Waals surface area contributed by atoms with Crippen molar-refractivity contribution >= 4 is 12.1 Å². The molecule has 0 unspecified atom stereocenters. The van der Waals surface area contributed by atoms with E-state index in [0.717, 1.165) is 12.8 Å². The molecule has 1 atom stereocenters. The van der Waals surface area contributed by atoms with Crippen molar-refractivity contribution in [3.05, 3.63) is 0 Å². The summed E-state index contributed by atoms with van der Waals surface area (Å²) in [6.07, 6.45) is 1.27. The van der Waals surface area contributed by atoms with Gasteiger partial charge in [0.1, 0.15) is 0 Å². The number of carbonyl (C=O) groups is 2. The van der Waals surface area contributed by atoms with Crippen molar-refractivity contribution in [2.75, 3.05) is 26.3 Å². The molecule has 0 saturated carbocycles. The first-order valence-corrected chi connectivity index (χ1v) is 5.77. The van der Waals surface area contributed by atoms with E-state index < -0.39 is 0 Å². The van der Waals surface area contributed by atoms with Gasteiger partial charge in [-0.1, -0.05) is 0 Å². The van der Waals surface area contributed by atoms with E-state index in [2.05, 4.69) is 0 Å². The van der Waals surface area contributed by atoms with Gasteiger partial charge in [0.2, 0.25) is 0 Å². The average Bonchev–Trinajstić information content (AvgIpc) is 2.30. The molecule has 1 aliphatic rings. The largest absolute Gasteiger partial charge is 0.466 e. The summed E-state index contributed by atoms with van der Waals surface area (Å²) in [4.78, 5) is 24.6. The number of piperidine rings is 1. The zero-order chi connectivity index (χ0) is 12.0. The Morgan fingerprint density at radius 1 is 1.25 bits per heavy atom. The van der Waals surface area contributed by atoms with Gasteiger partial charge in [-0.3, -0.25) is 4.79 Å². The van der Waals surface area contributed by atoms with E-state index in [-0.39, 0.29) is 18.0 Å². The van der Waals surface area contributed by atoms with E-state index in [1.54, 1.807) is 18.7 Å². The molecule has 0 N–H and O–H groups in total. The molecular weight excluding hydrogens is 210 g/mol. The minimum atomic E-state index is -0.337. The van der Waals surface area contributed by atoms with E-state index in [1.807, 2.05) is 0 Å². The van der Waals surface area contributed by atoms with E-state index in [9.17, 15) is 9.59 Å². The summed E-state index contributed by atoms with van der Waals surface area (Å²) in [6, 6.07) is 0. The second-order valence-electron chi connectivity index (χ2n) is 3.74. The molecular formula is C11H19NO4. The van der Waals surface area contributed by atoms with E-state index in [4.69, 9.17) is 9.47 Å². The number of rotatable bonds is 3. The van der Waals surface area contributed by atoms with Crippen LogP contribution in [-0.2, 0) is 14.3 Å². The zero-order valence-corrected chi connectivity index (χ0v) is 9.90. The summed E-state index contributed by atoms with van der Waals surface area (Å²) in [5.41, 5.74) is 0. The molecule has 1 saturated heterocycles. The molecule has 0 spiro atoms. The first kappa shape index (κ1) is 12.8. The lowest BCUT2D eigenvalue weighted by molar-refractivity contribution is -0.149. The molecule has 0 aromatic rings. The molecule has 0 aromatic heterocycles. The molecule has 0 aromatic carbocycles. The molecule has 1 heterocycles. The van der Waals surface area contributed by atoms with Crippen LogP contribution >= 0.6 is 0 Å². The first-order valence-electron chi connectivity index (χ1n) is 5.77. The maximum absolute atomic E-state index is 11.5. The summed E-state index contributed by atoms with van der Waals surface area (Å²) in [6.45, 7) is 5.37. The second-order valence-corrected chi connectivity index (χ2v) is 3.74. The van der Waals surface area contributed by atoms with Crippen LogP contribution in [0.1, 0.15) is 26.7 Å². The highest BCUT2D eigenvalue weighted by molar-refractivity contribution is 5.74. The van der Waals surface area contributed by atoms with Crippen LogP contribution in [-0.4, -0.2) is 43.3 Å². The Balaban J connectivity index is 2.46. The van der Waals surface area contributed by atoms with Gasteiger partial charge in [0.05, 0.1) is 19.1 Å². The van der Waals surface area contributed by atoms with Crippen LogP contribution < -0.4 is 0 Å². The third-order valence-corrected chi connectivity index (χ3v) is 2.57. The number of esters is 1. The number of hydrogen-bond acceptors (Lipinski definition) is 4. The maximum atomic E-state index is 11.5. The molecule has 92 valence electrons. The zero-order valence-electron chi connectivity index (χ0n) is 9.90. The van der Waals surface area contributed by atoms with Crippen molar-refractivity contribution < 1.29 is 19.1 Å². The Morgan fingerprint density at radius 2 is 1.94 bits per heavy atom. The van der Waals surface area contributed by atoms with Gasteiger partial charge >= 0.3 is 12.1 Å². The van der Waals surface area contributed by atoms with Crippen molar-refractivity contribution in [2.24, 2.45) is 5.92 Å². The third-order valence-electron chi connectivity index (χ3n) is 2.57. The number of likely N-dealkylation sites (tertiary alicyclic amines) is 1. The maximum Gasteiger partial charge on any atom is 0.409 e. The van der Waals surface area contributed by atoms with Crippen LogP contribution in [0.3, 0.4) is 0 Å². The third kappa shape index (κ3) is 3.40. The van der Waals surface area contributed by atoms with Crippen LogP contribution in [0.5, 0.6) is 0 Å². The Bertz CT molecular complexity index is 230. The van der Waals surface area contributed by atoms with Crippen LogP contribution in [0.4, 0.5) is 4.79 Å². The van der Waals surface area contributed by atoms with Gasteiger partial charge in [0, 0.05) is 13.1 Å². The van der Waals surface area contributed by atoms with Gasteiger partial charge in [-0.25, -0.2) is 4.79 Å². The molecule has 0 bridgehead atoms. The van der Waals surface area contributed by atoms with Gasteiger partial charge in [0.25, 0.3) is 0 Å². The van der Waals surface area contributed by atoms with Gasteiger partial charge in [0.15, 0.2) is 0 Å². The quantitative estimate of drug-likeness (QED) is 0.687. The molecule has 16 heavy (non-hydrogen) atoms. The summed E-state index contributed by atoms with van der Waals surface area (Å²) >= 11 is 0. The molecule has 1 rings (SSSR count). The number of amides is 1. The summed E-state index contributed by atoms with van der Waals surface area (Å²) in [5.74, 6) is -0.408. The molecule has 5 nitrogen and oxygen atoms in total. The normalized spacial score (nSPS) is 20.4. The fourth-order valence-corrected chi connectivity index (χ4v) is 1.81. The monoisotopic (exact) mass is 229 g/mol. The van der Waals surface area contributed by atoms with Crippen molar-refractivity contribution in [3.63, 3.8) is 0 Å². The highest BCUT2D eigenvalue weighted by Gasteiger charge is 2.29. The number of ether oxygens (including phenoxy) is 2. The predicted molar refractivity (Wildman–Crippen MR) is 58.0 cm³/mol. The highest BCUT2D eigenvalue weighted by Crippen LogP contribution is 2.18. The number of nitrogens with zero attached hydrogens (tertiary/aromatic N) is 1. The molecule has 0 aliphatic carbocycles. The summed E-state index contributed by atoms with van der Waals surface area (Å²) < 4.78 is 9.86. The van der Waals surface area contributed by atoms with Crippen LogP contribution in [0, 0.1) is 5.92 Å². The van der Waals surface area contributed by atoms with Gasteiger partial charge in [-0.05, 0) is 26.7 Å². The van der Waals surface area contributed by atoms with Gasteiger partial charge in [-0.2, -0.15) is 0 Å². The number of carbonyl (C=O) groups excluding carboxylic acids is 2. The lowest BCUT2D eigenvalue weighted by Crippen LogP contribution is -2.43. The van der Waals surface area contributed by atoms with Gasteiger partial charge in [-0.15, -0.1) is 0 Å². The van der Waals surface area contributed by atoms with Crippen LogP contribution in [0.25, 0.3) is 0 Å². The van der Waals surface area contributed by atoms with E-state index in [1.165, 1.54) is 0 Å². The van der Waals surface area contributed by atoms with Crippen molar-refractivity contribution in [2.45, 2.75) is 26.7 Å². The Kier molecular flexibility index (Phi) is 5.08. The summed E-state index contributed by atoms with van der Waals surface area (Å²) in [5, 5.41) is 0. The average molecular weight is 229 g/mol. The Labute approximate surface area is 95.7 Å². The molecule has 1 amide bonds. The van der Waals surface area contributed by atoms with Crippen molar-refractivity contribution in [1.82, 2.24) is 4.90 Å².